The Balaban J connectivity index is 3.75. The highest BCUT2D eigenvalue weighted by Crippen LogP contribution is 2.22. The minimum atomic E-state index is -0.375. The number of nitrogens with zero attached hydrogens (tertiary/aromatic N) is 3. The molecule has 0 saturated carbocycles. The summed E-state index contributed by atoms with van der Waals surface area (Å²) in [5.74, 6) is 0.563. The van der Waals surface area contributed by atoms with Gasteiger partial charge in [0.1, 0.15) is 17.5 Å². The van der Waals surface area contributed by atoms with Crippen LogP contribution in [0.15, 0.2) is 4.79 Å². The molecule has 0 aliphatic carbocycles. The van der Waals surface area contributed by atoms with Gasteiger partial charge in [-0.2, -0.15) is 5.26 Å². The van der Waals surface area contributed by atoms with Gasteiger partial charge in [0.05, 0.1) is 18.7 Å². The van der Waals surface area contributed by atoms with Gasteiger partial charge < -0.3 is 9.64 Å². The quantitative estimate of drug-likeness (QED) is 0.708. The van der Waals surface area contributed by atoms with E-state index < -0.39 is 0 Å². The summed E-state index contributed by atoms with van der Waals surface area (Å²) in [6, 6.07) is 1.91. The van der Waals surface area contributed by atoms with Gasteiger partial charge in [0.15, 0.2) is 6.29 Å². The van der Waals surface area contributed by atoms with Crippen molar-refractivity contribution < 1.29 is 9.53 Å². The van der Waals surface area contributed by atoms with Crippen molar-refractivity contribution in [3.05, 3.63) is 27.0 Å². The third-order valence-electron chi connectivity index (χ3n) is 3.55. The van der Waals surface area contributed by atoms with Crippen molar-refractivity contribution in [3.63, 3.8) is 0 Å². The fraction of sp³-hybridized carbons (Fsp3) is 0.533. The molecule has 0 spiro atoms. The monoisotopic (exact) mass is 291 g/mol. The SMILES string of the molecule is CCN(CC)c1c(C=O)c(C)c(C#N)c(=O)n1CCOC. The van der Waals surface area contributed by atoms with Crippen LogP contribution in [0.5, 0.6) is 0 Å². The van der Waals surface area contributed by atoms with E-state index in [1.807, 2.05) is 24.8 Å². The standard InChI is InChI=1S/C15H21N3O3/c1-5-17(6-2)14-13(10-19)11(3)12(9-16)15(20)18(14)7-8-21-4/h10H,5-8H2,1-4H3. The van der Waals surface area contributed by atoms with Crippen LogP contribution in [0, 0.1) is 18.3 Å². The molecule has 1 heterocycles. The topological polar surface area (TPSA) is 75.3 Å². The Morgan fingerprint density at radius 2 is 2.00 bits per heavy atom. The van der Waals surface area contributed by atoms with Crippen molar-refractivity contribution in [1.29, 1.82) is 5.26 Å². The Morgan fingerprint density at radius 1 is 1.38 bits per heavy atom. The van der Waals surface area contributed by atoms with Gasteiger partial charge in [0.2, 0.25) is 0 Å². The molecule has 0 bridgehead atoms. The lowest BCUT2D eigenvalue weighted by Gasteiger charge is -2.27. The van der Waals surface area contributed by atoms with Gasteiger partial charge in [-0.1, -0.05) is 0 Å². The molecule has 21 heavy (non-hydrogen) atoms. The number of rotatable bonds is 7. The van der Waals surface area contributed by atoms with E-state index in [4.69, 9.17) is 4.74 Å². The van der Waals surface area contributed by atoms with Gasteiger partial charge in [0.25, 0.3) is 5.56 Å². The third kappa shape index (κ3) is 3.14. The molecular formula is C15H21N3O3. The van der Waals surface area contributed by atoms with Crippen LogP contribution in [0.4, 0.5) is 5.82 Å². The van der Waals surface area contributed by atoms with Crippen LogP contribution in [-0.2, 0) is 11.3 Å². The number of nitriles is 1. The number of hydrogen-bond acceptors (Lipinski definition) is 5. The highest BCUT2D eigenvalue weighted by Gasteiger charge is 2.21. The van der Waals surface area contributed by atoms with Crippen LogP contribution >= 0.6 is 0 Å². The lowest BCUT2D eigenvalue weighted by molar-refractivity contribution is 0.112. The molecule has 114 valence electrons. The molecule has 0 amide bonds. The number of pyridine rings is 1. The van der Waals surface area contributed by atoms with Gasteiger partial charge in [-0.05, 0) is 26.3 Å². The Morgan fingerprint density at radius 3 is 2.43 bits per heavy atom. The first-order valence-electron chi connectivity index (χ1n) is 6.93. The summed E-state index contributed by atoms with van der Waals surface area (Å²) in [5, 5.41) is 9.19. The molecule has 0 radical (unpaired) electrons. The molecule has 0 N–H and O–H groups in total. The first-order valence-corrected chi connectivity index (χ1v) is 6.93. The number of carbonyl (C=O) groups excluding carboxylic acids is 1. The Bertz CT molecular complexity index is 610. The summed E-state index contributed by atoms with van der Waals surface area (Å²) in [7, 11) is 1.54. The second-order valence-corrected chi connectivity index (χ2v) is 4.59. The number of carbonyl (C=O) groups is 1. The Hall–Kier alpha value is -2.13. The second-order valence-electron chi connectivity index (χ2n) is 4.59. The molecule has 0 aliphatic heterocycles. The van der Waals surface area contributed by atoms with E-state index in [-0.39, 0.29) is 11.1 Å². The minimum Gasteiger partial charge on any atom is -0.383 e. The summed E-state index contributed by atoms with van der Waals surface area (Å²) in [6.07, 6.45) is 0.715. The van der Waals surface area contributed by atoms with Gasteiger partial charge in [0, 0.05) is 20.2 Å². The summed E-state index contributed by atoms with van der Waals surface area (Å²) in [4.78, 5) is 25.9. The molecule has 0 unspecified atom stereocenters. The lowest BCUT2D eigenvalue weighted by atomic mass is 10.0. The van der Waals surface area contributed by atoms with Gasteiger partial charge in [-0.3, -0.25) is 14.2 Å². The van der Waals surface area contributed by atoms with E-state index in [1.54, 1.807) is 14.0 Å². The number of aldehydes is 1. The molecular weight excluding hydrogens is 270 g/mol. The van der Waals surface area contributed by atoms with Crippen molar-refractivity contribution in [2.24, 2.45) is 0 Å². The van der Waals surface area contributed by atoms with Crippen molar-refractivity contribution >= 4 is 12.1 Å². The number of aromatic nitrogens is 1. The number of ether oxygens (including phenoxy) is 1. The predicted octanol–water partition coefficient (Wildman–Crippen LogP) is 1.33. The van der Waals surface area contributed by atoms with Crippen LogP contribution in [0.3, 0.4) is 0 Å². The van der Waals surface area contributed by atoms with E-state index in [2.05, 4.69) is 0 Å². The molecule has 1 rings (SSSR count). The van der Waals surface area contributed by atoms with Crippen molar-refractivity contribution in [2.75, 3.05) is 31.7 Å². The molecule has 0 aromatic carbocycles. The molecule has 1 aromatic rings. The molecule has 0 fully saturated rings. The number of methoxy groups -OCH3 is 1. The number of hydrogen-bond donors (Lipinski definition) is 0. The molecule has 0 atom stereocenters. The largest absolute Gasteiger partial charge is 0.383 e. The van der Waals surface area contributed by atoms with E-state index in [1.165, 1.54) is 4.57 Å². The van der Waals surface area contributed by atoms with E-state index in [0.717, 1.165) is 0 Å². The molecule has 6 nitrogen and oxygen atoms in total. The maximum atomic E-state index is 12.5. The normalized spacial score (nSPS) is 10.2. The van der Waals surface area contributed by atoms with Crippen molar-refractivity contribution in [2.45, 2.75) is 27.3 Å². The van der Waals surface area contributed by atoms with Crippen LogP contribution in [0.2, 0.25) is 0 Å². The van der Waals surface area contributed by atoms with Gasteiger partial charge >= 0.3 is 0 Å². The zero-order valence-electron chi connectivity index (χ0n) is 13.0. The lowest BCUT2D eigenvalue weighted by Crippen LogP contribution is -2.35. The van der Waals surface area contributed by atoms with Crippen molar-refractivity contribution in [3.8, 4) is 6.07 Å². The molecule has 0 aliphatic rings. The first-order chi connectivity index (χ1) is 10.1. The van der Waals surface area contributed by atoms with Crippen molar-refractivity contribution in [1.82, 2.24) is 4.57 Å². The average molecular weight is 291 g/mol. The second kappa shape index (κ2) is 7.60. The summed E-state index contributed by atoms with van der Waals surface area (Å²) in [5.41, 5.74) is 0.475. The van der Waals surface area contributed by atoms with Gasteiger partial charge in [-0.25, -0.2) is 0 Å². The number of anilines is 1. The van der Waals surface area contributed by atoms with Crippen LogP contribution in [0.25, 0.3) is 0 Å². The average Bonchev–Trinajstić information content (AvgIpc) is 2.48. The van der Waals surface area contributed by atoms with Gasteiger partial charge in [-0.15, -0.1) is 0 Å². The highest BCUT2D eigenvalue weighted by atomic mass is 16.5. The molecule has 1 aromatic heterocycles. The summed E-state index contributed by atoms with van der Waals surface area (Å²) >= 11 is 0. The fourth-order valence-electron chi connectivity index (χ4n) is 2.37. The summed E-state index contributed by atoms with van der Waals surface area (Å²) < 4.78 is 6.49. The van der Waals surface area contributed by atoms with Crippen LogP contribution in [0.1, 0.15) is 35.3 Å². The zero-order chi connectivity index (χ0) is 16.0. The molecule has 0 saturated heterocycles. The Kier molecular flexibility index (Phi) is 6.12. The van der Waals surface area contributed by atoms with Crippen LogP contribution in [-0.4, -0.2) is 37.7 Å². The van der Waals surface area contributed by atoms with E-state index >= 15 is 0 Å². The minimum absolute atomic E-state index is 0.0177. The summed E-state index contributed by atoms with van der Waals surface area (Å²) in [6.45, 7) is 7.51. The third-order valence-corrected chi connectivity index (χ3v) is 3.55. The van der Waals surface area contributed by atoms with Crippen LogP contribution < -0.4 is 10.5 Å². The smallest absolute Gasteiger partial charge is 0.270 e. The fourth-order valence-corrected chi connectivity index (χ4v) is 2.37. The Labute approximate surface area is 124 Å². The molecule has 6 heteroatoms. The first kappa shape index (κ1) is 16.9. The maximum absolute atomic E-state index is 12.5. The predicted molar refractivity (Wildman–Crippen MR) is 81.0 cm³/mol. The zero-order valence-corrected chi connectivity index (χ0v) is 13.0. The van der Waals surface area contributed by atoms with E-state index in [9.17, 15) is 14.9 Å². The highest BCUT2D eigenvalue weighted by molar-refractivity contribution is 5.86. The maximum Gasteiger partial charge on any atom is 0.270 e. The van der Waals surface area contributed by atoms with E-state index in [0.29, 0.717) is 49.5 Å².